The predicted octanol–water partition coefficient (Wildman–Crippen LogP) is 3.82. The van der Waals surface area contributed by atoms with Crippen molar-refractivity contribution in [1.82, 2.24) is 10.0 Å². The average Bonchev–Trinajstić information content (AvgIpc) is 2.88. The van der Waals surface area contributed by atoms with E-state index in [0.29, 0.717) is 17.0 Å². The van der Waals surface area contributed by atoms with E-state index in [9.17, 15) is 31.2 Å². The Bertz CT molecular complexity index is 1370. The van der Waals surface area contributed by atoms with Crippen LogP contribution in [0.1, 0.15) is 5.56 Å². The number of methoxy groups -OCH3 is 1. The monoisotopic (exact) mass is 566 g/mol. The van der Waals surface area contributed by atoms with E-state index in [0.717, 1.165) is 24.3 Å². The van der Waals surface area contributed by atoms with Crippen molar-refractivity contribution in [1.29, 1.82) is 0 Å². The number of ether oxygens (including phenoxy) is 2. The van der Waals surface area contributed by atoms with Crippen molar-refractivity contribution in [3.63, 3.8) is 0 Å². The molecule has 0 spiro atoms. The van der Waals surface area contributed by atoms with Gasteiger partial charge in [-0.05, 0) is 54.1 Å². The number of benzene rings is 3. The van der Waals surface area contributed by atoms with E-state index in [1.54, 1.807) is 59.3 Å². The van der Waals surface area contributed by atoms with Crippen LogP contribution in [-0.4, -0.2) is 46.9 Å². The molecule has 3 aromatic rings. The fourth-order valence-corrected chi connectivity index (χ4v) is 4.23. The van der Waals surface area contributed by atoms with Crippen LogP contribution in [0.2, 0.25) is 0 Å². The minimum Gasteiger partial charge on any atom is -0.497 e. The molecule has 0 saturated carbocycles. The first-order chi connectivity index (χ1) is 18.3. The molecule has 10 nitrogen and oxygen atoms in total. The largest absolute Gasteiger partial charge is 0.573 e. The van der Waals surface area contributed by atoms with Gasteiger partial charge < -0.3 is 19.7 Å². The second-order valence-corrected chi connectivity index (χ2v) is 9.51. The van der Waals surface area contributed by atoms with Crippen molar-refractivity contribution in [2.24, 2.45) is 0 Å². The lowest BCUT2D eigenvalue weighted by molar-refractivity contribution is -0.274. The van der Waals surface area contributed by atoms with E-state index < -0.39 is 40.3 Å². The first-order valence-corrected chi connectivity index (χ1v) is 12.8. The number of halogens is 3. The Morgan fingerprint density at radius 1 is 0.923 bits per heavy atom. The van der Waals surface area contributed by atoms with Gasteiger partial charge in [0.15, 0.2) is 0 Å². The van der Waals surface area contributed by atoms with Gasteiger partial charge in [0.05, 0.1) is 12.8 Å². The van der Waals surface area contributed by atoms with Gasteiger partial charge in [-0.2, -0.15) is 8.42 Å². The number of anilines is 2. The molecule has 0 aliphatic rings. The van der Waals surface area contributed by atoms with Crippen LogP contribution < -0.4 is 29.1 Å². The number of likely N-dealkylation sites (N-methyl/N-ethyl adjacent to an activating group) is 1. The first kappa shape index (κ1) is 29.1. The lowest BCUT2D eigenvalue weighted by Crippen LogP contribution is -2.53. The molecule has 0 radical (unpaired) electrons. The molecule has 0 heterocycles. The molecule has 3 N–H and O–H groups in total. The van der Waals surface area contributed by atoms with E-state index in [2.05, 4.69) is 10.1 Å². The maximum absolute atomic E-state index is 13.3. The van der Waals surface area contributed by atoms with Gasteiger partial charge in [-0.25, -0.2) is 9.52 Å². The number of rotatable bonds is 10. The predicted molar refractivity (Wildman–Crippen MR) is 138 cm³/mol. The van der Waals surface area contributed by atoms with E-state index >= 15 is 0 Å². The topological polar surface area (TPSA) is 126 Å². The van der Waals surface area contributed by atoms with E-state index in [-0.39, 0.29) is 12.1 Å². The first-order valence-electron chi connectivity index (χ1n) is 11.3. The summed E-state index contributed by atoms with van der Waals surface area (Å²) < 4.78 is 74.4. The third kappa shape index (κ3) is 9.10. The minimum atomic E-state index is -4.91. The van der Waals surface area contributed by atoms with Crippen LogP contribution in [0.15, 0.2) is 78.9 Å². The molecule has 0 aliphatic carbocycles. The Balaban J connectivity index is 1.71. The van der Waals surface area contributed by atoms with Gasteiger partial charge in [0.2, 0.25) is 5.91 Å². The normalized spacial score (nSPS) is 12.1. The third-order valence-corrected chi connectivity index (χ3v) is 6.20. The summed E-state index contributed by atoms with van der Waals surface area (Å²) in [5, 5.41) is 2.39. The van der Waals surface area contributed by atoms with Crippen LogP contribution in [0, 0.1) is 0 Å². The van der Waals surface area contributed by atoms with Gasteiger partial charge in [0, 0.05) is 19.2 Å². The summed E-state index contributed by atoms with van der Waals surface area (Å²) in [5.74, 6) is -0.498. The van der Waals surface area contributed by atoms with Gasteiger partial charge in [-0.3, -0.25) is 9.52 Å². The molecule has 0 unspecified atom stereocenters. The zero-order valence-electron chi connectivity index (χ0n) is 20.7. The fraction of sp³-hybridized carbons (Fsp3) is 0.200. The van der Waals surface area contributed by atoms with Crippen molar-refractivity contribution in [2.45, 2.75) is 18.8 Å². The number of hydrogen-bond acceptors (Lipinski definition) is 6. The van der Waals surface area contributed by atoms with E-state index in [1.165, 1.54) is 19.1 Å². The molecule has 208 valence electrons. The van der Waals surface area contributed by atoms with Crippen LogP contribution in [0.4, 0.5) is 29.3 Å². The maximum atomic E-state index is 13.3. The van der Waals surface area contributed by atoms with Crippen molar-refractivity contribution in [2.75, 3.05) is 23.8 Å². The summed E-state index contributed by atoms with van der Waals surface area (Å²) in [7, 11) is -1.51. The highest BCUT2D eigenvalue weighted by Crippen LogP contribution is 2.24. The Morgan fingerprint density at radius 2 is 1.51 bits per heavy atom. The molecule has 0 fully saturated rings. The maximum Gasteiger partial charge on any atom is 0.573 e. The summed E-state index contributed by atoms with van der Waals surface area (Å²) in [6.45, 7) is 0. The lowest BCUT2D eigenvalue weighted by atomic mass is 10.0. The summed E-state index contributed by atoms with van der Waals surface area (Å²) in [6.07, 6.45) is -4.85. The number of hydrogen-bond donors (Lipinski definition) is 3. The lowest BCUT2D eigenvalue weighted by Gasteiger charge is -2.25. The van der Waals surface area contributed by atoms with Crippen LogP contribution in [0.3, 0.4) is 0 Å². The molecule has 3 amide bonds. The summed E-state index contributed by atoms with van der Waals surface area (Å²) in [4.78, 5) is 27.3. The fourth-order valence-electron chi connectivity index (χ4n) is 3.43. The number of nitrogens with zero attached hydrogens (tertiary/aromatic N) is 1. The smallest absolute Gasteiger partial charge is 0.497 e. The molecular formula is C25H25F3N4O6S. The van der Waals surface area contributed by atoms with Crippen LogP contribution >= 0.6 is 0 Å². The number of amides is 3. The number of alkyl halides is 3. The average molecular weight is 567 g/mol. The highest BCUT2D eigenvalue weighted by Gasteiger charge is 2.31. The van der Waals surface area contributed by atoms with Crippen LogP contribution in [-0.2, 0) is 21.4 Å². The molecule has 0 aliphatic heterocycles. The number of nitrogens with one attached hydrogen (secondary N) is 3. The molecule has 3 rings (SSSR count). The zero-order chi connectivity index (χ0) is 28.6. The van der Waals surface area contributed by atoms with Gasteiger partial charge in [0.25, 0.3) is 0 Å². The van der Waals surface area contributed by atoms with Gasteiger partial charge in [0.1, 0.15) is 17.5 Å². The van der Waals surface area contributed by atoms with Crippen molar-refractivity contribution in [3.8, 4) is 11.5 Å². The second kappa shape index (κ2) is 12.4. The third-order valence-electron chi connectivity index (χ3n) is 5.24. The molecule has 0 saturated heterocycles. The Labute approximate surface area is 222 Å². The summed E-state index contributed by atoms with van der Waals surface area (Å²) >= 11 is 0. The molecule has 1 atom stereocenters. The molecule has 0 bridgehead atoms. The van der Waals surface area contributed by atoms with Crippen LogP contribution in [0.25, 0.3) is 0 Å². The standard InChI is InChI=1S/C25H25F3N4O6S/c1-32(19-10-14-20(37-2)15-11-19)23(33)22(16-17-6-4-3-5-7-17)29-24(34)31-39(35,36)30-18-8-12-21(13-9-18)38-25(26,27)28/h3-15,22,30H,16H2,1-2H3,(H2,29,31,34)/t22-/m0/s1. The second-order valence-electron chi connectivity index (χ2n) is 8.09. The number of carbonyl (C=O) groups excluding carboxylic acids is 2. The van der Waals surface area contributed by atoms with Crippen molar-refractivity contribution < 1.29 is 40.7 Å². The quantitative estimate of drug-likeness (QED) is 0.343. The number of urea groups is 1. The van der Waals surface area contributed by atoms with Crippen molar-refractivity contribution in [3.05, 3.63) is 84.4 Å². The minimum absolute atomic E-state index is 0.0573. The highest BCUT2D eigenvalue weighted by molar-refractivity contribution is 7.91. The molecule has 3 aromatic carbocycles. The number of carbonyl (C=O) groups is 2. The Morgan fingerprint density at radius 3 is 2.08 bits per heavy atom. The molecule has 0 aromatic heterocycles. The zero-order valence-corrected chi connectivity index (χ0v) is 21.5. The Kier molecular flexibility index (Phi) is 9.24. The summed E-state index contributed by atoms with van der Waals surface area (Å²) in [6, 6.07) is 16.9. The molecule has 14 heteroatoms. The Hall–Kier alpha value is -4.46. The molecule has 39 heavy (non-hydrogen) atoms. The van der Waals surface area contributed by atoms with E-state index in [1.807, 2.05) is 4.72 Å². The van der Waals surface area contributed by atoms with Gasteiger partial charge in [-0.1, -0.05) is 30.3 Å². The SMILES string of the molecule is COc1ccc(N(C)C(=O)[C@H](Cc2ccccc2)NC(=O)NS(=O)(=O)Nc2ccc(OC(F)(F)F)cc2)cc1. The molecular weight excluding hydrogens is 541 g/mol. The highest BCUT2D eigenvalue weighted by atomic mass is 32.2. The van der Waals surface area contributed by atoms with Crippen molar-refractivity contribution >= 4 is 33.5 Å². The van der Waals surface area contributed by atoms with Crippen LogP contribution in [0.5, 0.6) is 11.5 Å². The van der Waals surface area contributed by atoms with Gasteiger partial charge in [-0.15, -0.1) is 13.2 Å². The van der Waals surface area contributed by atoms with Gasteiger partial charge >= 0.3 is 22.6 Å². The summed E-state index contributed by atoms with van der Waals surface area (Å²) in [5.41, 5.74) is 1.08. The van der Waals surface area contributed by atoms with E-state index in [4.69, 9.17) is 4.74 Å².